The number of nitrogens with one attached hydrogen (secondary N) is 1. The van der Waals surface area contributed by atoms with Gasteiger partial charge in [0, 0.05) is 19.7 Å². The molecule has 0 aliphatic heterocycles. The van der Waals surface area contributed by atoms with Gasteiger partial charge >= 0.3 is 0 Å². The molecule has 6 nitrogen and oxygen atoms in total. The summed E-state index contributed by atoms with van der Waals surface area (Å²) >= 11 is 0. The molecule has 2 aromatic rings. The van der Waals surface area contributed by atoms with Gasteiger partial charge in [0.25, 0.3) is 5.56 Å². The molecule has 3 N–H and O–H groups in total. The van der Waals surface area contributed by atoms with Crippen molar-refractivity contribution in [3.8, 4) is 0 Å². The van der Waals surface area contributed by atoms with E-state index in [0.717, 1.165) is 24.4 Å². The maximum Gasteiger partial charge on any atom is 0.252 e. The second-order valence-corrected chi connectivity index (χ2v) is 7.01. The van der Waals surface area contributed by atoms with Gasteiger partial charge in [0.1, 0.15) is 11.5 Å². The molecular formula is C20H27N5O. The van der Waals surface area contributed by atoms with Gasteiger partial charge in [0.05, 0.1) is 6.04 Å². The number of H-pyrrole nitrogens is 1. The summed E-state index contributed by atoms with van der Waals surface area (Å²) in [6.45, 7) is 4.87. The average Bonchev–Trinajstić information content (AvgIpc) is 3.46. The van der Waals surface area contributed by atoms with E-state index < -0.39 is 0 Å². The molecule has 1 atom stereocenters. The van der Waals surface area contributed by atoms with E-state index >= 15 is 0 Å². The van der Waals surface area contributed by atoms with Crippen LogP contribution >= 0.6 is 0 Å². The predicted octanol–water partition coefficient (Wildman–Crippen LogP) is 2.96. The number of anilines is 1. The summed E-state index contributed by atoms with van der Waals surface area (Å²) < 4.78 is 0. The van der Waals surface area contributed by atoms with Gasteiger partial charge in [0.2, 0.25) is 5.95 Å². The van der Waals surface area contributed by atoms with E-state index in [0.29, 0.717) is 11.6 Å². The molecule has 1 aromatic heterocycles. The molecule has 0 unspecified atom stereocenters. The van der Waals surface area contributed by atoms with E-state index in [1.807, 2.05) is 18.9 Å². The number of nitrogens with zero attached hydrogens (tertiary/aromatic N) is 3. The molecule has 1 fully saturated rings. The molecule has 3 rings (SSSR count). The first-order valence-electron chi connectivity index (χ1n) is 9.24. The molecule has 0 bridgehead atoms. The molecule has 1 aliphatic rings. The van der Waals surface area contributed by atoms with Crippen LogP contribution in [0.25, 0.3) is 0 Å². The molecule has 0 saturated heterocycles. The summed E-state index contributed by atoms with van der Waals surface area (Å²) in [5, 5.41) is 0. The SMILES string of the molecule is CCCN(C)c1nc(C(N)=N[C@H](C)c2ccc(C3CC3)cc2)cc(=O)[nH]1. The van der Waals surface area contributed by atoms with Crippen molar-refractivity contribution in [1.82, 2.24) is 9.97 Å². The fourth-order valence-corrected chi connectivity index (χ4v) is 3.01. The maximum atomic E-state index is 12.0. The number of benzene rings is 1. The summed E-state index contributed by atoms with van der Waals surface area (Å²) in [4.78, 5) is 25.6. The first kappa shape index (κ1) is 18.2. The van der Waals surface area contributed by atoms with Crippen LogP contribution in [-0.2, 0) is 0 Å². The predicted molar refractivity (Wildman–Crippen MR) is 106 cm³/mol. The van der Waals surface area contributed by atoms with Crippen LogP contribution in [0, 0.1) is 0 Å². The molecule has 0 spiro atoms. The van der Waals surface area contributed by atoms with Crippen molar-refractivity contribution in [3.63, 3.8) is 0 Å². The number of rotatable bonds is 7. The van der Waals surface area contributed by atoms with Gasteiger partial charge in [-0.1, -0.05) is 31.2 Å². The zero-order chi connectivity index (χ0) is 18.7. The van der Waals surface area contributed by atoms with Crippen molar-refractivity contribution in [2.75, 3.05) is 18.5 Å². The summed E-state index contributed by atoms with van der Waals surface area (Å²) in [5.41, 5.74) is 8.83. The normalized spacial score (nSPS) is 15.7. The molecule has 26 heavy (non-hydrogen) atoms. The lowest BCUT2D eigenvalue weighted by atomic mass is 10.0. The minimum atomic E-state index is -0.229. The lowest BCUT2D eigenvalue weighted by Gasteiger charge is -2.17. The van der Waals surface area contributed by atoms with Crippen molar-refractivity contribution in [2.24, 2.45) is 10.7 Å². The Morgan fingerprint density at radius 3 is 2.69 bits per heavy atom. The van der Waals surface area contributed by atoms with Crippen molar-refractivity contribution >= 4 is 11.8 Å². The number of hydrogen-bond donors (Lipinski definition) is 2. The number of nitrogens with two attached hydrogens (primary N) is 1. The van der Waals surface area contributed by atoms with Crippen LogP contribution in [0.15, 0.2) is 40.1 Å². The molecule has 1 saturated carbocycles. The molecule has 0 radical (unpaired) electrons. The zero-order valence-corrected chi connectivity index (χ0v) is 15.7. The Labute approximate surface area is 154 Å². The Bertz CT molecular complexity index is 836. The standard InChI is InChI=1S/C20H27N5O/c1-4-11-25(3)20-23-17(12-18(26)24-20)19(21)22-13(2)14-5-7-15(8-6-14)16-9-10-16/h5-8,12-13,16H,4,9-11H2,1-3H3,(H2,21,22)(H,23,24,26)/t13-/m1/s1. The summed E-state index contributed by atoms with van der Waals surface area (Å²) in [6.07, 6.45) is 3.55. The number of amidine groups is 1. The Kier molecular flexibility index (Phi) is 5.40. The van der Waals surface area contributed by atoms with Gasteiger partial charge in [-0.2, -0.15) is 0 Å². The highest BCUT2D eigenvalue weighted by Gasteiger charge is 2.23. The van der Waals surface area contributed by atoms with E-state index in [1.54, 1.807) is 0 Å². The van der Waals surface area contributed by atoms with Crippen LogP contribution < -0.4 is 16.2 Å². The van der Waals surface area contributed by atoms with E-state index in [9.17, 15) is 4.79 Å². The van der Waals surface area contributed by atoms with Crippen LogP contribution in [0.2, 0.25) is 0 Å². The molecule has 0 amide bonds. The minimum Gasteiger partial charge on any atom is -0.382 e. The van der Waals surface area contributed by atoms with Crippen molar-refractivity contribution in [3.05, 3.63) is 57.5 Å². The molecular weight excluding hydrogens is 326 g/mol. The third-order valence-corrected chi connectivity index (χ3v) is 4.71. The fourth-order valence-electron chi connectivity index (χ4n) is 3.01. The Balaban J connectivity index is 1.80. The number of aromatic amines is 1. The van der Waals surface area contributed by atoms with Gasteiger partial charge in [-0.3, -0.25) is 14.8 Å². The Morgan fingerprint density at radius 2 is 2.08 bits per heavy atom. The molecule has 1 aromatic carbocycles. The third kappa shape index (κ3) is 4.31. The highest BCUT2D eigenvalue weighted by atomic mass is 16.1. The van der Waals surface area contributed by atoms with Crippen molar-refractivity contribution in [1.29, 1.82) is 0 Å². The molecule has 1 aliphatic carbocycles. The maximum absolute atomic E-state index is 12.0. The van der Waals surface area contributed by atoms with E-state index in [1.165, 1.54) is 24.5 Å². The van der Waals surface area contributed by atoms with Crippen LogP contribution in [0.5, 0.6) is 0 Å². The molecule has 138 valence electrons. The highest BCUT2D eigenvalue weighted by Crippen LogP contribution is 2.40. The van der Waals surface area contributed by atoms with E-state index in [4.69, 9.17) is 5.73 Å². The van der Waals surface area contributed by atoms with Gasteiger partial charge in [-0.25, -0.2) is 4.98 Å². The number of hydrogen-bond acceptors (Lipinski definition) is 4. The molecule has 6 heteroatoms. The lowest BCUT2D eigenvalue weighted by Crippen LogP contribution is -2.27. The first-order chi connectivity index (χ1) is 12.5. The molecule has 1 heterocycles. The van der Waals surface area contributed by atoms with Gasteiger partial charge < -0.3 is 10.6 Å². The highest BCUT2D eigenvalue weighted by molar-refractivity contribution is 5.95. The van der Waals surface area contributed by atoms with Crippen LogP contribution in [0.4, 0.5) is 5.95 Å². The summed E-state index contributed by atoms with van der Waals surface area (Å²) in [7, 11) is 1.89. The first-order valence-corrected chi connectivity index (χ1v) is 9.24. The largest absolute Gasteiger partial charge is 0.382 e. The van der Waals surface area contributed by atoms with Gasteiger partial charge in [-0.05, 0) is 43.2 Å². The summed E-state index contributed by atoms with van der Waals surface area (Å²) in [5.74, 6) is 1.53. The van der Waals surface area contributed by atoms with E-state index in [2.05, 4.69) is 46.1 Å². The Hall–Kier alpha value is -2.63. The average molecular weight is 353 g/mol. The van der Waals surface area contributed by atoms with Crippen molar-refractivity contribution < 1.29 is 0 Å². The second kappa shape index (κ2) is 7.72. The van der Waals surface area contributed by atoms with Gasteiger partial charge in [-0.15, -0.1) is 0 Å². The lowest BCUT2D eigenvalue weighted by molar-refractivity contribution is 0.806. The second-order valence-electron chi connectivity index (χ2n) is 7.01. The quantitative estimate of drug-likeness (QED) is 0.592. The smallest absolute Gasteiger partial charge is 0.252 e. The van der Waals surface area contributed by atoms with Crippen LogP contribution in [0.3, 0.4) is 0 Å². The monoisotopic (exact) mass is 353 g/mol. The van der Waals surface area contributed by atoms with Gasteiger partial charge in [0.15, 0.2) is 0 Å². The topological polar surface area (TPSA) is 87.4 Å². The Morgan fingerprint density at radius 1 is 1.38 bits per heavy atom. The zero-order valence-electron chi connectivity index (χ0n) is 15.7. The fraction of sp³-hybridized carbons (Fsp3) is 0.450. The summed E-state index contributed by atoms with van der Waals surface area (Å²) in [6, 6.07) is 9.88. The third-order valence-electron chi connectivity index (χ3n) is 4.71. The van der Waals surface area contributed by atoms with Crippen LogP contribution in [-0.4, -0.2) is 29.4 Å². The van der Waals surface area contributed by atoms with Crippen LogP contribution in [0.1, 0.15) is 61.9 Å². The van der Waals surface area contributed by atoms with E-state index in [-0.39, 0.29) is 17.4 Å². The number of aliphatic imine (C=N–C) groups is 1. The number of aromatic nitrogens is 2. The minimum absolute atomic E-state index is 0.0961. The van der Waals surface area contributed by atoms with Crippen molar-refractivity contribution in [2.45, 2.75) is 45.1 Å².